The first-order valence-electron chi connectivity index (χ1n) is 7.07. The standard InChI is InChI=1S/C14H20N4O3/c1-17(11-5-3-2-4-6-11)14(19)10-7-8-12(16-15)13(9-10)18(20)21/h7-9,11,16H,2-6,15H2,1H3. The van der Waals surface area contributed by atoms with Gasteiger partial charge >= 0.3 is 0 Å². The minimum Gasteiger partial charge on any atom is -0.339 e. The van der Waals surface area contributed by atoms with Crippen LogP contribution in [0.5, 0.6) is 0 Å². The Morgan fingerprint density at radius 1 is 1.38 bits per heavy atom. The molecule has 7 heteroatoms. The number of anilines is 1. The van der Waals surface area contributed by atoms with E-state index in [1.165, 1.54) is 18.6 Å². The lowest BCUT2D eigenvalue weighted by molar-refractivity contribution is -0.384. The predicted molar refractivity (Wildman–Crippen MR) is 79.9 cm³/mol. The molecule has 0 bridgehead atoms. The van der Waals surface area contributed by atoms with Gasteiger partial charge in [-0.25, -0.2) is 0 Å². The molecular weight excluding hydrogens is 272 g/mol. The number of nitrogen functional groups attached to an aromatic ring is 1. The van der Waals surface area contributed by atoms with Crippen LogP contribution in [-0.2, 0) is 0 Å². The highest BCUT2D eigenvalue weighted by Gasteiger charge is 2.25. The number of carbonyl (C=O) groups is 1. The summed E-state index contributed by atoms with van der Waals surface area (Å²) in [4.78, 5) is 24.6. The lowest BCUT2D eigenvalue weighted by Gasteiger charge is -2.31. The van der Waals surface area contributed by atoms with Crippen molar-refractivity contribution in [3.05, 3.63) is 33.9 Å². The van der Waals surface area contributed by atoms with Crippen LogP contribution in [0.2, 0.25) is 0 Å². The number of nitrogens with one attached hydrogen (secondary N) is 1. The first-order chi connectivity index (χ1) is 10.0. The summed E-state index contributed by atoms with van der Waals surface area (Å²) in [6.45, 7) is 0. The van der Waals surface area contributed by atoms with Gasteiger partial charge in [0.2, 0.25) is 0 Å². The molecule has 0 saturated heterocycles. The van der Waals surface area contributed by atoms with Crippen LogP contribution in [0.3, 0.4) is 0 Å². The molecule has 1 aliphatic rings. The molecule has 1 amide bonds. The number of hydrogen-bond donors (Lipinski definition) is 2. The number of nitro groups is 1. The molecule has 0 aromatic heterocycles. The fourth-order valence-electron chi connectivity index (χ4n) is 2.78. The minimum atomic E-state index is -0.549. The van der Waals surface area contributed by atoms with E-state index in [9.17, 15) is 14.9 Å². The number of benzene rings is 1. The summed E-state index contributed by atoms with van der Waals surface area (Å²) in [5.41, 5.74) is 2.58. The van der Waals surface area contributed by atoms with Crippen molar-refractivity contribution < 1.29 is 9.72 Å². The molecule has 1 aromatic carbocycles. The van der Waals surface area contributed by atoms with Gasteiger partial charge in [0.05, 0.1) is 4.92 Å². The second-order valence-corrected chi connectivity index (χ2v) is 5.34. The molecule has 1 aliphatic carbocycles. The molecule has 0 atom stereocenters. The van der Waals surface area contributed by atoms with Crippen molar-refractivity contribution in [2.24, 2.45) is 5.84 Å². The van der Waals surface area contributed by atoms with Gasteiger partial charge in [-0.05, 0) is 25.0 Å². The Morgan fingerprint density at radius 2 is 2.05 bits per heavy atom. The number of nitrogens with two attached hydrogens (primary N) is 1. The van der Waals surface area contributed by atoms with Crippen molar-refractivity contribution >= 4 is 17.3 Å². The molecule has 2 rings (SSSR count). The number of rotatable bonds is 4. The SMILES string of the molecule is CN(C(=O)c1ccc(NN)c([N+](=O)[O-])c1)C1CCCCC1. The molecule has 1 fully saturated rings. The summed E-state index contributed by atoms with van der Waals surface area (Å²) in [6, 6.07) is 4.51. The summed E-state index contributed by atoms with van der Waals surface area (Å²) in [7, 11) is 1.76. The van der Waals surface area contributed by atoms with E-state index < -0.39 is 4.92 Å². The molecule has 0 heterocycles. The summed E-state index contributed by atoms with van der Waals surface area (Å²) < 4.78 is 0. The molecule has 7 nitrogen and oxygen atoms in total. The molecule has 114 valence electrons. The fraction of sp³-hybridized carbons (Fsp3) is 0.500. The zero-order chi connectivity index (χ0) is 15.4. The third-order valence-corrected chi connectivity index (χ3v) is 4.04. The topological polar surface area (TPSA) is 102 Å². The molecule has 0 unspecified atom stereocenters. The van der Waals surface area contributed by atoms with Crippen molar-refractivity contribution in [1.82, 2.24) is 4.90 Å². The lowest BCUT2D eigenvalue weighted by Crippen LogP contribution is -2.38. The van der Waals surface area contributed by atoms with Crippen LogP contribution in [0.15, 0.2) is 18.2 Å². The zero-order valence-electron chi connectivity index (χ0n) is 12.0. The highest BCUT2D eigenvalue weighted by Crippen LogP contribution is 2.27. The summed E-state index contributed by atoms with van der Waals surface area (Å²) in [5, 5.41) is 11.0. The van der Waals surface area contributed by atoms with Gasteiger partial charge in [0, 0.05) is 24.7 Å². The maximum Gasteiger partial charge on any atom is 0.294 e. The van der Waals surface area contributed by atoms with Crippen LogP contribution in [0, 0.1) is 10.1 Å². The quantitative estimate of drug-likeness (QED) is 0.503. The Labute approximate surface area is 123 Å². The largest absolute Gasteiger partial charge is 0.339 e. The van der Waals surface area contributed by atoms with Gasteiger partial charge in [0.25, 0.3) is 11.6 Å². The maximum absolute atomic E-state index is 12.5. The minimum absolute atomic E-state index is 0.187. The molecule has 3 N–H and O–H groups in total. The van der Waals surface area contributed by atoms with E-state index in [-0.39, 0.29) is 23.3 Å². The second kappa shape index (κ2) is 6.53. The van der Waals surface area contributed by atoms with Gasteiger partial charge in [-0.3, -0.25) is 20.8 Å². The smallest absolute Gasteiger partial charge is 0.294 e. The van der Waals surface area contributed by atoms with E-state index in [1.807, 2.05) is 0 Å². The summed E-state index contributed by atoms with van der Waals surface area (Å²) >= 11 is 0. The van der Waals surface area contributed by atoms with Gasteiger partial charge in [0.1, 0.15) is 5.69 Å². The Balaban J connectivity index is 2.22. The molecule has 21 heavy (non-hydrogen) atoms. The van der Waals surface area contributed by atoms with E-state index in [0.717, 1.165) is 25.7 Å². The molecule has 1 aromatic rings. The van der Waals surface area contributed by atoms with Gasteiger partial charge in [0.15, 0.2) is 0 Å². The Hall–Kier alpha value is -2.15. The highest BCUT2D eigenvalue weighted by molar-refractivity contribution is 5.95. The third-order valence-electron chi connectivity index (χ3n) is 4.04. The van der Waals surface area contributed by atoms with Crippen LogP contribution in [0.25, 0.3) is 0 Å². The van der Waals surface area contributed by atoms with Crippen LogP contribution < -0.4 is 11.3 Å². The number of amides is 1. The average molecular weight is 292 g/mol. The van der Waals surface area contributed by atoms with Crippen molar-refractivity contribution in [3.63, 3.8) is 0 Å². The predicted octanol–water partition coefficient (Wildman–Crippen LogP) is 2.29. The number of carbonyl (C=O) groups excluding carboxylic acids is 1. The summed E-state index contributed by atoms with van der Waals surface area (Å²) in [6.07, 6.45) is 5.44. The Kier molecular flexibility index (Phi) is 4.74. The molecule has 0 aliphatic heterocycles. The van der Waals surface area contributed by atoms with E-state index in [1.54, 1.807) is 18.0 Å². The maximum atomic E-state index is 12.5. The molecular formula is C14H20N4O3. The highest BCUT2D eigenvalue weighted by atomic mass is 16.6. The van der Waals surface area contributed by atoms with Crippen LogP contribution in [-0.4, -0.2) is 28.8 Å². The first-order valence-corrected chi connectivity index (χ1v) is 7.07. The van der Waals surface area contributed by atoms with Gasteiger partial charge < -0.3 is 10.3 Å². The molecule has 0 spiro atoms. The van der Waals surface area contributed by atoms with Crippen molar-refractivity contribution in [2.75, 3.05) is 12.5 Å². The Morgan fingerprint density at radius 3 is 2.62 bits per heavy atom. The van der Waals surface area contributed by atoms with Crippen LogP contribution >= 0.6 is 0 Å². The van der Waals surface area contributed by atoms with Crippen LogP contribution in [0.4, 0.5) is 11.4 Å². The Bertz CT molecular complexity index is 541. The normalized spacial score (nSPS) is 15.5. The van der Waals surface area contributed by atoms with E-state index in [2.05, 4.69) is 5.43 Å². The van der Waals surface area contributed by atoms with E-state index in [0.29, 0.717) is 5.56 Å². The van der Waals surface area contributed by atoms with Crippen LogP contribution in [0.1, 0.15) is 42.5 Å². The van der Waals surface area contributed by atoms with Crippen molar-refractivity contribution in [3.8, 4) is 0 Å². The fourth-order valence-corrected chi connectivity index (χ4v) is 2.78. The van der Waals surface area contributed by atoms with E-state index in [4.69, 9.17) is 5.84 Å². The van der Waals surface area contributed by atoms with Crippen molar-refractivity contribution in [2.45, 2.75) is 38.1 Å². The van der Waals surface area contributed by atoms with Crippen molar-refractivity contribution in [1.29, 1.82) is 0 Å². The zero-order valence-corrected chi connectivity index (χ0v) is 12.0. The third kappa shape index (κ3) is 3.30. The van der Waals surface area contributed by atoms with Gasteiger partial charge in [-0.1, -0.05) is 19.3 Å². The number of nitro benzene ring substituents is 1. The number of hydrazine groups is 1. The second-order valence-electron chi connectivity index (χ2n) is 5.34. The van der Waals surface area contributed by atoms with Gasteiger partial charge in [-0.15, -0.1) is 0 Å². The molecule has 1 saturated carbocycles. The average Bonchev–Trinajstić information content (AvgIpc) is 2.53. The summed E-state index contributed by atoms with van der Waals surface area (Å²) in [5.74, 6) is 5.06. The van der Waals surface area contributed by atoms with E-state index >= 15 is 0 Å². The number of hydrogen-bond acceptors (Lipinski definition) is 5. The van der Waals surface area contributed by atoms with Gasteiger partial charge in [-0.2, -0.15) is 0 Å². The monoisotopic (exact) mass is 292 g/mol. The lowest BCUT2D eigenvalue weighted by atomic mass is 9.94. The number of nitrogens with zero attached hydrogens (tertiary/aromatic N) is 2. The molecule has 0 radical (unpaired) electrons. The first kappa shape index (κ1) is 15.2.